The van der Waals surface area contributed by atoms with E-state index in [-0.39, 0.29) is 0 Å². The van der Waals surface area contributed by atoms with Gasteiger partial charge in [0, 0.05) is 35.9 Å². The molecule has 4 heteroatoms. The van der Waals surface area contributed by atoms with Crippen LogP contribution >= 0.6 is 11.6 Å². The lowest BCUT2D eigenvalue weighted by atomic mass is 10.00. The monoisotopic (exact) mass is 323 g/mol. The predicted octanol–water partition coefficient (Wildman–Crippen LogP) is 4.35. The summed E-state index contributed by atoms with van der Waals surface area (Å²) >= 11 is 6.09. The van der Waals surface area contributed by atoms with Gasteiger partial charge in [0.2, 0.25) is 0 Å². The van der Waals surface area contributed by atoms with Gasteiger partial charge in [0.15, 0.2) is 0 Å². The number of benzene rings is 1. The van der Waals surface area contributed by atoms with E-state index < -0.39 is 0 Å². The van der Waals surface area contributed by atoms with Gasteiger partial charge in [-0.3, -0.25) is 4.98 Å². The van der Waals surface area contributed by atoms with Crippen molar-refractivity contribution in [3.63, 3.8) is 0 Å². The van der Waals surface area contributed by atoms with Crippen LogP contribution in [0.2, 0.25) is 5.02 Å². The van der Waals surface area contributed by atoms with E-state index in [2.05, 4.69) is 34.1 Å². The molecule has 0 radical (unpaired) electrons. The van der Waals surface area contributed by atoms with E-state index in [1.807, 2.05) is 30.6 Å². The lowest BCUT2D eigenvalue weighted by Gasteiger charge is -2.18. The van der Waals surface area contributed by atoms with Crippen molar-refractivity contribution in [2.24, 2.45) is 5.92 Å². The Morgan fingerprint density at radius 1 is 1.09 bits per heavy atom. The Morgan fingerprint density at radius 3 is 2.78 bits per heavy atom. The third kappa shape index (κ3) is 3.15. The molecule has 1 unspecified atom stereocenters. The van der Waals surface area contributed by atoms with Crippen molar-refractivity contribution in [1.82, 2.24) is 9.97 Å². The van der Waals surface area contributed by atoms with E-state index in [0.717, 1.165) is 41.3 Å². The molecule has 0 saturated carbocycles. The number of halogens is 1. The molecular weight excluding hydrogens is 306 g/mol. The number of rotatable bonds is 3. The normalized spacial score (nSPS) is 17.8. The van der Waals surface area contributed by atoms with Gasteiger partial charge in [-0.05, 0) is 60.7 Å². The van der Waals surface area contributed by atoms with E-state index >= 15 is 0 Å². The zero-order chi connectivity index (χ0) is 15.6. The second kappa shape index (κ2) is 6.17. The maximum atomic E-state index is 6.09. The maximum absolute atomic E-state index is 6.09. The first-order chi connectivity index (χ1) is 11.3. The van der Waals surface area contributed by atoms with Crippen LogP contribution in [-0.4, -0.2) is 23.1 Å². The largest absolute Gasteiger partial charge is 0.356 e. The quantitative estimate of drug-likeness (QED) is 0.717. The predicted molar refractivity (Wildman–Crippen MR) is 95.0 cm³/mol. The van der Waals surface area contributed by atoms with Crippen LogP contribution in [0.3, 0.4) is 0 Å². The molecule has 1 aromatic carbocycles. The summed E-state index contributed by atoms with van der Waals surface area (Å²) < 4.78 is 0. The number of hydrogen-bond acceptors (Lipinski definition) is 3. The van der Waals surface area contributed by atoms with Crippen molar-refractivity contribution in [1.29, 1.82) is 0 Å². The molecule has 3 nitrogen and oxygen atoms in total. The van der Waals surface area contributed by atoms with E-state index in [1.54, 1.807) is 0 Å². The molecular formula is C19H18ClN3. The fourth-order valence-electron chi connectivity index (χ4n) is 3.32. The summed E-state index contributed by atoms with van der Waals surface area (Å²) in [5.74, 6) is 1.73. The minimum absolute atomic E-state index is 0.675. The Kier molecular flexibility index (Phi) is 3.88. The highest BCUT2D eigenvalue weighted by Crippen LogP contribution is 2.27. The number of anilines is 1. The summed E-state index contributed by atoms with van der Waals surface area (Å²) in [7, 11) is 0. The molecule has 1 saturated heterocycles. The first-order valence-corrected chi connectivity index (χ1v) is 8.36. The van der Waals surface area contributed by atoms with Gasteiger partial charge in [-0.25, -0.2) is 4.98 Å². The average molecular weight is 324 g/mol. The van der Waals surface area contributed by atoms with Gasteiger partial charge < -0.3 is 4.90 Å². The van der Waals surface area contributed by atoms with Crippen LogP contribution in [0.5, 0.6) is 0 Å². The molecule has 1 fully saturated rings. The lowest BCUT2D eigenvalue weighted by Crippen LogP contribution is -2.21. The highest BCUT2D eigenvalue weighted by Gasteiger charge is 2.23. The van der Waals surface area contributed by atoms with E-state index in [1.165, 1.54) is 12.0 Å². The third-order valence-corrected chi connectivity index (χ3v) is 4.76. The number of hydrogen-bond donors (Lipinski definition) is 0. The molecule has 1 atom stereocenters. The van der Waals surface area contributed by atoms with Gasteiger partial charge in [-0.15, -0.1) is 0 Å². The average Bonchev–Trinajstić information content (AvgIpc) is 3.03. The van der Waals surface area contributed by atoms with Crippen molar-refractivity contribution in [2.45, 2.75) is 12.8 Å². The summed E-state index contributed by atoms with van der Waals surface area (Å²) in [5, 5.41) is 1.87. The molecule has 0 bridgehead atoms. The van der Waals surface area contributed by atoms with Crippen LogP contribution in [0.1, 0.15) is 12.0 Å². The molecule has 3 heterocycles. The molecule has 2 aromatic heterocycles. The van der Waals surface area contributed by atoms with E-state index in [9.17, 15) is 0 Å². The number of pyridine rings is 2. The highest BCUT2D eigenvalue weighted by molar-refractivity contribution is 6.31. The Bertz CT molecular complexity index is 819. The summed E-state index contributed by atoms with van der Waals surface area (Å²) in [6, 6.07) is 14.3. The SMILES string of the molecule is Clc1ccc2ccc(N3CCC(Cc4ccncc4)C3)nc2c1. The minimum atomic E-state index is 0.675. The Hall–Kier alpha value is -2.13. The highest BCUT2D eigenvalue weighted by atomic mass is 35.5. The molecule has 3 aromatic rings. The molecule has 1 aliphatic rings. The minimum Gasteiger partial charge on any atom is -0.356 e. The second-order valence-corrected chi connectivity index (χ2v) is 6.60. The van der Waals surface area contributed by atoms with Crippen LogP contribution in [0, 0.1) is 5.92 Å². The summed E-state index contributed by atoms with van der Waals surface area (Å²) in [6.07, 6.45) is 6.06. The molecule has 23 heavy (non-hydrogen) atoms. The van der Waals surface area contributed by atoms with Gasteiger partial charge in [-0.2, -0.15) is 0 Å². The van der Waals surface area contributed by atoms with Crippen LogP contribution in [0.15, 0.2) is 54.9 Å². The smallest absolute Gasteiger partial charge is 0.129 e. The van der Waals surface area contributed by atoms with Gasteiger partial charge in [-0.1, -0.05) is 17.7 Å². The molecule has 116 valence electrons. The zero-order valence-corrected chi connectivity index (χ0v) is 13.6. The molecule has 0 aliphatic carbocycles. The Balaban J connectivity index is 1.51. The topological polar surface area (TPSA) is 29.0 Å². The van der Waals surface area contributed by atoms with Crippen LogP contribution < -0.4 is 4.90 Å². The number of fused-ring (bicyclic) bond motifs is 1. The van der Waals surface area contributed by atoms with Crippen molar-refractivity contribution in [3.05, 3.63) is 65.4 Å². The summed E-state index contributed by atoms with van der Waals surface area (Å²) in [6.45, 7) is 2.12. The van der Waals surface area contributed by atoms with Crippen LogP contribution in [0.25, 0.3) is 10.9 Å². The van der Waals surface area contributed by atoms with E-state index in [0.29, 0.717) is 5.92 Å². The standard InChI is InChI=1S/C19H18ClN3/c20-17-3-1-16-2-4-19(22-18(16)12-17)23-10-7-15(13-23)11-14-5-8-21-9-6-14/h1-6,8-9,12,15H,7,10-11,13H2. The van der Waals surface area contributed by atoms with Crippen LogP contribution in [0.4, 0.5) is 5.82 Å². The number of nitrogens with zero attached hydrogens (tertiary/aromatic N) is 3. The van der Waals surface area contributed by atoms with Gasteiger partial charge >= 0.3 is 0 Å². The maximum Gasteiger partial charge on any atom is 0.129 e. The fraction of sp³-hybridized carbons (Fsp3) is 0.263. The number of aromatic nitrogens is 2. The van der Waals surface area contributed by atoms with Crippen molar-refractivity contribution < 1.29 is 0 Å². The van der Waals surface area contributed by atoms with Gasteiger partial charge in [0.1, 0.15) is 5.82 Å². The fourth-order valence-corrected chi connectivity index (χ4v) is 3.48. The lowest BCUT2D eigenvalue weighted by molar-refractivity contribution is 0.586. The Morgan fingerprint density at radius 2 is 1.91 bits per heavy atom. The third-order valence-electron chi connectivity index (χ3n) is 4.52. The van der Waals surface area contributed by atoms with Crippen molar-refractivity contribution in [2.75, 3.05) is 18.0 Å². The van der Waals surface area contributed by atoms with Crippen molar-refractivity contribution in [3.8, 4) is 0 Å². The molecule has 0 amide bonds. The van der Waals surface area contributed by atoms with Gasteiger partial charge in [0.25, 0.3) is 0 Å². The first-order valence-electron chi connectivity index (χ1n) is 7.98. The Labute approximate surface area is 140 Å². The van der Waals surface area contributed by atoms with Crippen LogP contribution in [-0.2, 0) is 6.42 Å². The second-order valence-electron chi connectivity index (χ2n) is 6.17. The molecule has 1 aliphatic heterocycles. The van der Waals surface area contributed by atoms with Gasteiger partial charge in [0.05, 0.1) is 5.52 Å². The van der Waals surface area contributed by atoms with E-state index in [4.69, 9.17) is 16.6 Å². The molecule has 0 N–H and O–H groups in total. The first kappa shape index (κ1) is 14.5. The summed E-state index contributed by atoms with van der Waals surface area (Å²) in [4.78, 5) is 11.3. The molecule has 0 spiro atoms. The summed E-state index contributed by atoms with van der Waals surface area (Å²) in [5.41, 5.74) is 2.33. The molecule has 4 rings (SSSR count). The van der Waals surface area contributed by atoms with Crippen molar-refractivity contribution >= 4 is 28.3 Å². The zero-order valence-electron chi connectivity index (χ0n) is 12.8.